The first-order valence-electron chi connectivity index (χ1n) is 7.21. The molecular weight excluding hydrogens is 350 g/mol. The lowest BCUT2D eigenvalue weighted by Gasteiger charge is -2.26. The molecule has 1 amide bonds. The van der Waals surface area contributed by atoms with Gasteiger partial charge in [0.2, 0.25) is 0 Å². The second-order valence-corrected chi connectivity index (χ2v) is 8.28. The largest absolute Gasteiger partial charge is 0.345 e. The molecule has 120 valence electrons. The SMILES string of the molecule is C[S@](=O)c1ccc(C(=O)N[C@@H]2CCSc3ccc(Cl)cc32)cc1. The second-order valence-electron chi connectivity index (χ2n) is 5.32. The Kier molecular flexibility index (Phi) is 5.09. The third-order valence-electron chi connectivity index (χ3n) is 3.77. The number of halogens is 1. The van der Waals surface area contributed by atoms with Crippen LogP contribution in [0.3, 0.4) is 0 Å². The third kappa shape index (κ3) is 3.79. The zero-order chi connectivity index (χ0) is 16.4. The van der Waals surface area contributed by atoms with E-state index in [0.29, 0.717) is 15.5 Å². The summed E-state index contributed by atoms with van der Waals surface area (Å²) >= 11 is 7.88. The van der Waals surface area contributed by atoms with E-state index in [0.717, 1.165) is 17.7 Å². The average Bonchev–Trinajstić information content (AvgIpc) is 2.55. The molecule has 0 spiro atoms. The van der Waals surface area contributed by atoms with E-state index in [1.807, 2.05) is 18.2 Å². The number of nitrogens with one attached hydrogen (secondary N) is 1. The van der Waals surface area contributed by atoms with E-state index < -0.39 is 10.8 Å². The summed E-state index contributed by atoms with van der Waals surface area (Å²) in [6, 6.07) is 12.7. The molecule has 0 saturated heterocycles. The van der Waals surface area contributed by atoms with E-state index in [4.69, 9.17) is 11.6 Å². The molecule has 0 radical (unpaired) electrons. The number of thioether (sulfide) groups is 1. The van der Waals surface area contributed by atoms with Gasteiger partial charge in [-0.15, -0.1) is 11.8 Å². The molecule has 2 aromatic carbocycles. The van der Waals surface area contributed by atoms with Crippen molar-refractivity contribution >= 4 is 40.1 Å². The minimum atomic E-state index is -1.04. The lowest BCUT2D eigenvalue weighted by molar-refractivity contribution is 0.0935. The molecule has 0 unspecified atom stereocenters. The van der Waals surface area contributed by atoms with Gasteiger partial charge >= 0.3 is 0 Å². The van der Waals surface area contributed by atoms with Crippen molar-refractivity contribution in [2.75, 3.05) is 12.0 Å². The first-order valence-corrected chi connectivity index (χ1v) is 10.1. The quantitative estimate of drug-likeness (QED) is 0.892. The van der Waals surface area contributed by atoms with E-state index in [-0.39, 0.29) is 11.9 Å². The highest BCUT2D eigenvalue weighted by atomic mass is 35.5. The molecule has 1 aliphatic heterocycles. The lowest BCUT2D eigenvalue weighted by Crippen LogP contribution is -2.30. The summed E-state index contributed by atoms with van der Waals surface area (Å²) in [5, 5.41) is 3.76. The Labute approximate surface area is 147 Å². The van der Waals surface area contributed by atoms with Gasteiger partial charge in [0, 0.05) is 43.2 Å². The number of amides is 1. The molecule has 3 nitrogen and oxygen atoms in total. The predicted molar refractivity (Wildman–Crippen MR) is 95.8 cm³/mol. The van der Waals surface area contributed by atoms with E-state index in [2.05, 4.69) is 5.32 Å². The van der Waals surface area contributed by atoms with Crippen molar-refractivity contribution in [1.82, 2.24) is 5.32 Å². The number of fused-ring (bicyclic) bond motifs is 1. The molecule has 3 rings (SSSR count). The van der Waals surface area contributed by atoms with Crippen molar-refractivity contribution in [3.05, 3.63) is 58.6 Å². The fourth-order valence-electron chi connectivity index (χ4n) is 2.55. The van der Waals surface area contributed by atoms with Gasteiger partial charge < -0.3 is 5.32 Å². The number of rotatable bonds is 3. The first kappa shape index (κ1) is 16.6. The van der Waals surface area contributed by atoms with Crippen LogP contribution in [-0.4, -0.2) is 22.1 Å². The standard InChI is InChI=1S/C17H16ClNO2S2/c1-23(21)13-5-2-11(3-6-13)17(20)19-15-8-9-22-16-7-4-12(18)10-14(15)16/h2-7,10,15H,8-9H2,1H3,(H,19,20)/t15-,23+/m1/s1. The van der Waals surface area contributed by atoms with Gasteiger partial charge in [-0.25, -0.2) is 0 Å². The number of hydrogen-bond acceptors (Lipinski definition) is 3. The topological polar surface area (TPSA) is 46.2 Å². The third-order valence-corrected chi connectivity index (χ3v) is 6.06. The summed E-state index contributed by atoms with van der Waals surface area (Å²) in [5.74, 6) is 0.842. The zero-order valence-corrected chi connectivity index (χ0v) is 14.9. The summed E-state index contributed by atoms with van der Waals surface area (Å²) < 4.78 is 11.4. The Morgan fingerprint density at radius 1 is 1.26 bits per heavy atom. The summed E-state index contributed by atoms with van der Waals surface area (Å²) in [6.45, 7) is 0. The summed E-state index contributed by atoms with van der Waals surface area (Å²) in [6.07, 6.45) is 2.50. The van der Waals surface area contributed by atoms with Crippen molar-refractivity contribution in [2.24, 2.45) is 0 Å². The van der Waals surface area contributed by atoms with Gasteiger partial charge in [-0.2, -0.15) is 0 Å². The van der Waals surface area contributed by atoms with Gasteiger partial charge in [0.15, 0.2) is 0 Å². The minimum Gasteiger partial charge on any atom is -0.345 e. The van der Waals surface area contributed by atoms with Crippen LogP contribution in [0.5, 0.6) is 0 Å². The molecule has 0 aromatic heterocycles. The van der Waals surface area contributed by atoms with Crippen LogP contribution in [0.25, 0.3) is 0 Å². The molecular formula is C17H16ClNO2S2. The molecule has 2 atom stereocenters. The maximum atomic E-state index is 12.5. The lowest BCUT2D eigenvalue weighted by atomic mass is 10.0. The predicted octanol–water partition coefficient (Wildman–Crippen LogP) is 4.04. The van der Waals surface area contributed by atoms with Crippen molar-refractivity contribution in [3.8, 4) is 0 Å². The van der Waals surface area contributed by atoms with E-state index in [1.165, 1.54) is 4.90 Å². The van der Waals surface area contributed by atoms with Crippen LogP contribution >= 0.6 is 23.4 Å². The number of benzene rings is 2. The van der Waals surface area contributed by atoms with E-state index >= 15 is 0 Å². The fraction of sp³-hybridized carbons (Fsp3) is 0.235. The molecule has 0 saturated carbocycles. The van der Waals surface area contributed by atoms with Gasteiger partial charge in [-0.3, -0.25) is 9.00 Å². The van der Waals surface area contributed by atoms with Crippen LogP contribution in [-0.2, 0) is 10.8 Å². The maximum absolute atomic E-state index is 12.5. The monoisotopic (exact) mass is 365 g/mol. The van der Waals surface area contributed by atoms with Crippen LogP contribution in [0.4, 0.5) is 0 Å². The molecule has 1 N–H and O–H groups in total. The summed E-state index contributed by atoms with van der Waals surface area (Å²) in [5.41, 5.74) is 1.65. The van der Waals surface area contributed by atoms with Crippen LogP contribution in [0, 0.1) is 0 Å². The van der Waals surface area contributed by atoms with Crippen LogP contribution < -0.4 is 5.32 Å². The second kappa shape index (κ2) is 7.07. The molecule has 1 heterocycles. The molecule has 2 aromatic rings. The van der Waals surface area contributed by atoms with Crippen molar-refractivity contribution in [3.63, 3.8) is 0 Å². The van der Waals surface area contributed by atoms with Gasteiger partial charge in [-0.05, 0) is 54.4 Å². The van der Waals surface area contributed by atoms with E-state index in [9.17, 15) is 9.00 Å². The highest BCUT2D eigenvalue weighted by Gasteiger charge is 2.23. The number of carbonyl (C=O) groups is 1. The van der Waals surface area contributed by atoms with Crippen LogP contribution in [0.2, 0.25) is 5.02 Å². The smallest absolute Gasteiger partial charge is 0.251 e. The van der Waals surface area contributed by atoms with Crippen molar-refractivity contribution in [2.45, 2.75) is 22.3 Å². The normalized spacial score (nSPS) is 18.1. The summed E-state index contributed by atoms with van der Waals surface area (Å²) in [7, 11) is -1.04. The van der Waals surface area contributed by atoms with Gasteiger partial charge in [0.05, 0.1) is 6.04 Å². The maximum Gasteiger partial charge on any atom is 0.251 e. The Morgan fingerprint density at radius 2 is 2.00 bits per heavy atom. The Bertz CT molecular complexity index is 762. The van der Waals surface area contributed by atoms with Crippen molar-refractivity contribution in [1.29, 1.82) is 0 Å². The highest BCUT2D eigenvalue weighted by molar-refractivity contribution is 7.99. The fourth-order valence-corrected chi connectivity index (χ4v) is 4.36. The minimum absolute atomic E-state index is 0.0302. The Morgan fingerprint density at radius 3 is 2.70 bits per heavy atom. The number of carbonyl (C=O) groups excluding carboxylic acids is 1. The zero-order valence-electron chi connectivity index (χ0n) is 12.5. The Balaban J connectivity index is 1.79. The molecule has 1 aliphatic rings. The van der Waals surface area contributed by atoms with Crippen molar-refractivity contribution < 1.29 is 9.00 Å². The molecule has 0 aliphatic carbocycles. The Hall–Kier alpha value is -1.30. The molecule has 6 heteroatoms. The van der Waals surface area contributed by atoms with Crippen LogP contribution in [0.1, 0.15) is 28.4 Å². The summed E-state index contributed by atoms with van der Waals surface area (Å²) in [4.78, 5) is 14.3. The number of hydrogen-bond donors (Lipinski definition) is 1. The van der Waals surface area contributed by atoms with Gasteiger partial charge in [0.1, 0.15) is 0 Å². The highest BCUT2D eigenvalue weighted by Crippen LogP contribution is 2.37. The molecule has 23 heavy (non-hydrogen) atoms. The van der Waals surface area contributed by atoms with Gasteiger partial charge in [-0.1, -0.05) is 11.6 Å². The first-order chi connectivity index (χ1) is 11.0. The van der Waals surface area contributed by atoms with E-state index in [1.54, 1.807) is 42.3 Å². The molecule has 0 fully saturated rings. The average molecular weight is 366 g/mol. The van der Waals surface area contributed by atoms with Crippen LogP contribution in [0.15, 0.2) is 52.3 Å². The molecule has 0 bridgehead atoms. The van der Waals surface area contributed by atoms with Gasteiger partial charge in [0.25, 0.3) is 5.91 Å².